The first kappa shape index (κ1) is 12.5. The average Bonchev–Trinajstić information content (AvgIpc) is 2.26. The van der Waals surface area contributed by atoms with Crippen LogP contribution in [0.4, 0.5) is 0 Å². The van der Waals surface area contributed by atoms with Gasteiger partial charge in [-0.25, -0.2) is 0 Å². The number of hydrogen-bond acceptors (Lipinski definition) is 2. The molecular formula is C14H18O2. The summed E-state index contributed by atoms with van der Waals surface area (Å²) in [4.78, 5) is 11.1. The molecule has 0 radical (unpaired) electrons. The molecule has 0 amide bonds. The van der Waals surface area contributed by atoms with E-state index in [-0.39, 0.29) is 18.0 Å². The summed E-state index contributed by atoms with van der Waals surface area (Å²) in [7, 11) is 0. The molecule has 16 heavy (non-hydrogen) atoms. The third-order valence-corrected chi connectivity index (χ3v) is 2.55. The van der Waals surface area contributed by atoms with Gasteiger partial charge in [-0.05, 0) is 12.5 Å². The summed E-state index contributed by atoms with van der Waals surface area (Å²) in [5, 5.41) is 0. The summed E-state index contributed by atoms with van der Waals surface area (Å²) < 4.78 is 5.32. The molecular weight excluding hydrogens is 200 g/mol. The third-order valence-electron chi connectivity index (χ3n) is 2.55. The minimum absolute atomic E-state index is 0.103. The van der Waals surface area contributed by atoms with Gasteiger partial charge in [0.2, 0.25) is 0 Å². The van der Waals surface area contributed by atoms with Crippen LogP contribution in [-0.2, 0) is 9.53 Å². The standard InChI is InChI=1S/C14H18O2/c1-5-11(3)14(16-12(4)15)13-8-6-10(2)7-9-13/h5-9,11,14H,1H2,2-4H3. The molecule has 2 unspecified atom stereocenters. The van der Waals surface area contributed by atoms with E-state index in [0.717, 1.165) is 5.56 Å². The second-order valence-corrected chi connectivity index (χ2v) is 4.04. The van der Waals surface area contributed by atoms with Gasteiger partial charge in [0.05, 0.1) is 0 Å². The van der Waals surface area contributed by atoms with Gasteiger partial charge in [-0.3, -0.25) is 4.79 Å². The summed E-state index contributed by atoms with van der Waals surface area (Å²) in [5.41, 5.74) is 2.20. The van der Waals surface area contributed by atoms with E-state index in [1.807, 2.05) is 38.1 Å². The lowest BCUT2D eigenvalue weighted by atomic mass is 9.96. The van der Waals surface area contributed by atoms with Gasteiger partial charge >= 0.3 is 5.97 Å². The maximum atomic E-state index is 11.1. The summed E-state index contributed by atoms with van der Waals surface area (Å²) in [6.45, 7) is 9.18. The van der Waals surface area contributed by atoms with E-state index in [9.17, 15) is 4.79 Å². The zero-order chi connectivity index (χ0) is 12.1. The first-order valence-corrected chi connectivity index (χ1v) is 5.41. The van der Waals surface area contributed by atoms with Crippen molar-refractivity contribution in [3.63, 3.8) is 0 Å². The van der Waals surface area contributed by atoms with Crippen LogP contribution in [0.3, 0.4) is 0 Å². The van der Waals surface area contributed by atoms with Crippen LogP contribution in [0, 0.1) is 12.8 Å². The Morgan fingerprint density at radius 3 is 2.38 bits per heavy atom. The summed E-state index contributed by atoms with van der Waals surface area (Å²) in [6.07, 6.45) is 1.56. The first-order valence-electron chi connectivity index (χ1n) is 5.41. The number of benzene rings is 1. The van der Waals surface area contributed by atoms with Crippen molar-refractivity contribution in [1.29, 1.82) is 0 Å². The second kappa shape index (κ2) is 5.50. The molecule has 1 aromatic carbocycles. The number of ether oxygens (including phenoxy) is 1. The SMILES string of the molecule is C=CC(C)C(OC(C)=O)c1ccc(C)cc1. The van der Waals surface area contributed by atoms with Gasteiger partial charge in [-0.1, -0.05) is 42.8 Å². The van der Waals surface area contributed by atoms with Crippen molar-refractivity contribution in [3.05, 3.63) is 48.0 Å². The Balaban J connectivity index is 2.95. The van der Waals surface area contributed by atoms with Gasteiger partial charge in [0.25, 0.3) is 0 Å². The van der Waals surface area contributed by atoms with Crippen molar-refractivity contribution in [1.82, 2.24) is 0 Å². The number of carbonyl (C=O) groups is 1. The predicted octanol–water partition coefficient (Wildman–Crippen LogP) is 3.42. The normalized spacial score (nSPS) is 13.9. The molecule has 0 aliphatic heterocycles. The highest BCUT2D eigenvalue weighted by atomic mass is 16.5. The van der Waals surface area contributed by atoms with Crippen LogP contribution in [0.1, 0.15) is 31.1 Å². The Hall–Kier alpha value is -1.57. The molecule has 86 valence electrons. The monoisotopic (exact) mass is 218 g/mol. The van der Waals surface area contributed by atoms with Crippen molar-refractivity contribution >= 4 is 5.97 Å². The zero-order valence-corrected chi connectivity index (χ0v) is 10.1. The molecule has 0 bridgehead atoms. The highest BCUT2D eigenvalue weighted by molar-refractivity contribution is 5.66. The molecule has 0 aliphatic carbocycles. The Kier molecular flexibility index (Phi) is 4.29. The summed E-state index contributed by atoms with van der Waals surface area (Å²) >= 11 is 0. The Bertz CT molecular complexity index is 365. The van der Waals surface area contributed by atoms with Crippen molar-refractivity contribution in [2.45, 2.75) is 26.9 Å². The number of esters is 1. The van der Waals surface area contributed by atoms with Crippen molar-refractivity contribution < 1.29 is 9.53 Å². The lowest BCUT2D eigenvalue weighted by Crippen LogP contribution is -2.14. The van der Waals surface area contributed by atoms with Gasteiger partial charge in [0.1, 0.15) is 6.10 Å². The Morgan fingerprint density at radius 1 is 1.38 bits per heavy atom. The van der Waals surface area contributed by atoms with Gasteiger partial charge in [0.15, 0.2) is 0 Å². The fourth-order valence-electron chi connectivity index (χ4n) is 1.54. The molecule has 0 saturated heterocycles. The molecule has 0 fully saturated rings. The molecule has 0 spiro atoms. The number of aryl methyl sites for hydroxylation is 1. The Labute approximate surface area is 96.9 Å². The van der Waals surface area contributed by atoms with E-state index >= 15 is 0 Å². The molecule has 0 N–H and O–H groups in total. The lowest BCUT2D eigenvalue weighted by molar-refractivity contribution is -0.148. The number of carbonyl (C=O) groups excluding carboxylic acids is 1. The summed E-state index contributed by atoms with van der Waals surface area (Å²) in [5.74, 6) is -0.161. The largest absolute Gasteiger partial charge is 0.457 e. The van der Waals surface area contributed by atoms with Gasteiger partial charge < -0.3 is 4.74 Å². The fourth-order valence-corrected chi connectivity index (χ4v) is 1.54. The van der Waals surface area contributed by atoms with Gasteiger partial charge in [-0.15, -0.1) is 6.58 Å². The molecule has 1 aromatic rings. The van der Waals surface area contributed by atoms with Crippen molar-refractivity contribution in [2.24, 2.45) is 5.92 Å². The molecule has 0 saturated carbocycles. The van der Waals surface area contributed by atoms with Crippen LogP contribution >= 0.6 is 0 Å². The minimum Gasteiger partial charge on any atom is -0.457 e. The smallest absolute Gasteiger partial charge is 0.303 e. The van der Waals surface area contributed by atoms with Crippen LogP contribution in [0.25, 0.3) is 0 Å². The molecule has 2 nitrogen and oxygen atoms in total. The quantitative estimate of drug-likeness (QED) is 0.571. The van der Waals surface area contributed by atoms with Crippen LogP contribution < -0.4 is 0 Å². The summed E-state index contributed by atoms with van der Waals surface area (Å²) in [6, 6.07) is 8.01. The fraction of sp³-hybridized carbons (Fsp3) is 0.357. The maximum Gasteiger partial charge on any atom is 0.303 e. The number of hydrogen-bond donors (Lipinski definition) is 0. The van der Waals surface area contributed by atoms with E-state index in [1.54, 1.807) is 6.08 Å². The van der Waals surface area contributed by atoms with E-state index in [0.29, 0.717) is 0 Å². The van der Waals surface area contributed by atoms with Crippen LogP contribution in [0.2, 0.25) is 0 Å². The second-order valence-electron chi connectivity index (χ2n) is 4.04. The van der Waals surface area contributed by atoms with Crippen molar-refractivity contribution in [2.75, 3.05) is 0 Å². The molecule has 0 heterocycles. The Morgan fingerprint density at radius 2 is 1.94 bits per heavy atom. The minimum atomic E-state index is -0.265. The van der Waals surface area contributed by atoms with E-state index < -0.39 is 0 Å². The lowest BCUT2D eigenvalue weighted by Gasteiger charge is -2.21. The van der Waals surface area contributed by atoms with E-state index in [1.165, 1.54) is 12.5 Å². The number of rotatable bonds is 4. The predicted molar refractivity (Wildman–Crippen MR) is 65.0 cm³/mol. The highest BCUT2D eigenvalue weighted by Gasteiger charge is 2.19. The molecule has 0 aliphatic rings. The molecule has 1 rings (SSSR count). The van der Waals surface area contributed by atoms with Gasteiger partial charge in [0, 0.05) is 12.8 Å². The van der Waals surface area contributed by atoms with Crippen molar-refractivity contribution in [3.8, 4) is 0 Å². The van der Waals surface area contributed by atoms with Crippen LogP contribution in [-0.4, -0.2) is 5.97 Å². The molecule has 0 aromatic heterocycles. The van der Waals surface area contributed by atoms with E-state index in [4.69, 9.17) is 4.74 Å². The van der Waals surface area contributed by atoms with E-state index in [2.05, 4.69) is 6.58 Å². The average molecular weight is 218 g/mol. The topological polar surface area (TPSA) is 26.3 Å². The van der Waals surface area contributed by atoms with Crippen LogP contribution in [0.5, 0.6) is 0 Å². The van der Waals surface area contributed by atoms with Gasteiger partial charge in [-0.2, -0.15) is 0 Å². The zero-order valence-electron chi connectivity index (χ0n) is 10.1. The molecule has 2 heteroatoms. The highest BCUT2D eigenvalue weighted by Crippen LogP contribution is 2.27. The maximum absolute atomic E-state index is 11.1. The van der Waals surface area contributed by atoms with Crippen LogP contribution in [0.15, 0.2) is 36.9 Å². The molecule has 2 atom stereocenters. The first-order chi connectivity index (χ1) is 7.54. The third kappa shape index (κ3) is 3.23.